The van der Waals surface area contributed by atoms with E-state index in [2.05, 4.69) is 6.07 Å². The van der Waals surface area contributed by atoms with Crippen molar-refractivity contribution in [3.63, 3.8) is 0 Å². The van der Waals surface area contributed by atoms with Crippen LogP contribution >= 0.6 is 22.9 Å². The lowest BCUT2D eigenvalue weighted by molar-refractivity contribution is 0.284. The zero-order valence-corrected chi connectivity index (χ0v) is 8.69. The van der Waals surface area contributed by atoms with Gasteiger partial charge in [0.15, 0.2) is 0 Å². The van der Waals surface area contributed by atoms with Crippen LogP contribution in [0.3, 0.4) is 0 Å². The molecule has 0 fully saturated rings. The number of aliphatic hydroxyl groups is 1. The minimum absolute atomic E-state index is 0.127. The number of fused-ring (bicyclic) bond motifs is 1. The minimum atomic E-state index is -0.127. The van der Waals surface area contributed by atoms with Crippen molar-refractivity contribution in [2.75, 3.05) is 0 Å². The Balaban J connectivity index is 2.91. The minimum Gasteiger partial charge on any atom is -0.392 e. The van der Waals surface area contributed by atoms with Crippen LogP contribution in [0.1, 0.15) is 11.1 Å². The fourth-order valence-corrected chi connectivity index (χ4v) is 2.79. The molecule has 0 amide bonds. The maximum absolute atomic E-state index is 9.14. The molecule has 1 aromatic carbocycles. The fourth-order valence-electron chi connectivity index (χ4n) is 1.42. The van der Waals surface area contributed by atoms with Gasteiger partial charge >= 0.3 is 0 Å². The summed E-state index contributed by atoms with van der Waals surface area (Å²) in [5, 5.41) is 18.8. The van der Waals surface area contributed by atoms with Gasteiger partial charge in [0, 0.05) is 15.6 Å². The van der Waals surface area contributed by atoms with Gasteiger partial charge in [-0.05, 0) is 12.1 Å². The van der Waals surface area contributed by atoms with Gasteiger partial charge in [-0.25, -0.2) is 0 Å². The van der Waals surface area contributed by atoms with E-state index >= 15 is 0 Å². The summed E-state index contributed by atoms with van der Waals surface area (Å²) in [5.74, 6) is 0. The Morgan fingerprint density at radius 2 is 2.29 bits per heavy atom. The summed E-state index contributed by atoms with van der Waals surface area (Å²) in [5.41, 5.74) is 1.22. The average Bonchev–Trinajstić information content (AvgIpc) is 2.52. The molecule has 1 heterocycles. The Bertz CT molecular complexity index is 527. The summed E-state index contributed by atoms with van der Waals surface area (Å²) >= 11 is 7.33. The number of hydrogen-bond acceptors (Lipinski definition) is 3. The highest BCUT2D eigenvalue weighted by atomic mass is 35.5. The second kappa shape index (κ2) is 3.58. The van der Waals surface area contributed by atoms with Gasteiger partial charge < -0.3 is 5.11 Å². The van der Waals surface area contributed by atoms with E-state index in [0.29, 0.717) is 15.5 Å². The molecule has 0 bridgehead atoms. The quantitative estimate of drug-likeness (QED) is 0.808. The molecule has 1 aromatic heterocycles. The van der Waals surface area contributed by atoms with Crippen molar-refractivity contribution in [3.05, 3.63) is 33.7 Å². The van der Waals surface area contributed by atoms with E-state index in [1.54, 1.807) is 6.07 Å². The molecule has 70 valence electrons. The van der Waals surface area contributed by atoms with Crippen molar-refractivity contribution in [1.82, 2.24) is 0 Å². The van der Waals surface area contributed by atoms with Crippen LogP contribution in [0.4, 0.5) is 0 Å². The summed E-state index contributed by atoms with van der Waals surface area (Å²) < 4.78 is 1.50. The Labute approximate surface area is 90.0 Å². The molecule has 0 spiro atoms. The fraction of sp³-hybridized carbons (Fsp3) is 0.100. The first-order chi connectivity index (χ1) is 6.77. The van der Waals surface area contributed by atoms with Crippen molar-refractivity contribution < 1.29 is 5.11 Å². The second-order valence-electron chi connectivity index (χ2n) is 2.80. The maximum atomic E-state index is 9.14. The van der Waals surface area contributed by atoms with Crippen LogP contribution in [0, 0.1) is 11.3 Å². The first-order valence-electron chi connectivity index (χ1n) is 3.98. The molecule has 4 heteroatoms. The van der Waals surface area contributed by atoms with Crippen molar-refractivity contribution in [1.29, 1.82) is 5.26 Å². The van der Waals surface area contributed by atoms with Gasteiger partial charge in [-0.1, -0.05) is 17.7 Å². The van der Waals surface area contributed by atoms with Crippen LogP contribution < -0.4 is 0 Å². The van der Waals surface area contributed by atoms with Crippen molar-refractivity contribution in [3.8, 4) is 6.07 Å². The Hall–Kier alpha value is -1.08. The highest BCUT2D eigenvalue weighted by Gasteiger charge is 2.12. The zero-order valence-electron chi connectivity index (χ0n) is 7.12. The third kappa shape index (κ3) is 1.28. The molecule has 0 unspecified atom stereocenters. The molecular formula is C10H6ClNOS. The highest BCUT2D eigenvalue weighted by molar-refractivity contribution is 7.23. The van der Waals surface area contributed by atoms with Crippen molar-refractivity contribution >= 4 is 33.0 Å². The van der Waals surface area contributed by atoms with Crippen LogP contribution in [0.2, 0.25) is 4.34 Å². The van der Waals surface area contributed by atoms with E-state index < -0.39 is 0 Å². The van der Waals surface area contributed by atoms with Crippen molar-refractivity contribution in [2.24, 2.45) is 0 Å². The van der Waals surface area contributed by atoms with Gasteiger partial charge in [0.1, 0.15) is 0 Å². The lowest BCUT2D eigenvalue weighted by atomic mass is 10.1. The van der Waals surface area contributed by atoms with Gasteiger partial charge in [0.25, 0.3) is 0 Å². The lowest BCUT2D eigenvalue weighted by Gasteiger charge is -1.96. The number of rotatable bonds is 1. The molecule has 14 heavy (non-hydrogen) atoms. The highest BCUT2D eigenvalue weighted by Crippen LogP contribution is 2.36. The molecule has 2 nitrogen and oxygen atoms in total. The normalized spacial score (nSPS) is 10.4. The SMILES string of the molecule is N#Cc1cccc2sc(Cl)c(CO)c12. The molecule has 0 aliphatic heterocycles. The topological polar surface area (TPSA) is 44.0 Å². The summed E-state index contributed by atoms with van der Waals surface area (Å²) in [6, 6.07) is 7.53. The third-order valence-corrected chi connectivity index (χ3v) is 3.49. The second-order valence-corrected chi connectivity index (χ2v) is 4.46. The van der Waals surface area contributed by atoms with Crippen LogP contribution in [0.15, 0.2) is 18.2 Å². The molecular weight excluding hydrogens is 218 g/mol. The van der Waals surface area contributed by atoms with E-state index in [-0.39, 0.29) is 6.61 Å². The predicted octanol–water partition coefficient (Wildman–Crippen LogP) is 2.92. The van der Waals surface area contributed by atoms with Crippen molar-refractivity contribution in [2.45, 2.75) is 6.61 Å². The number of aliphatic hydroxyl groups excluding tert-OH is 1. The Kier molecular flexibility index (Phi) is 2.42. The first-order valence-corrected chi connectivity index (χ1v) is 5.18. The van der Waals surface area contributed by atoms with Crippen LogP contribution in [-0.2, 0) is 6.61 Å². The van der Waals surface area contributed by atoms with E-state index in [4.69, 9.17) is 22.0 Å². The summed E-state index contributed by atoms with van der Waals surface area (Å²) in [4.78, 5) is 0. The van der Waals surface area contributed by atoms with Crippen LogP contribution in [0.25, 0.3) is 10.1 Å². The molecule has 2 rings (SSSR count). The number of halogens is 1. The molecule has 0 atom stereocenters. The zero-order chi connectivity index (χ0) is 10.1. The molecule has 0 saturated carbocycles. The maximum Gasteiger partial charge on any atom is 0.0998 e. The van der Waals surface area contributed by atoms with E-state index in [1.165, 1.54) is 11.3 Å². The predicted molar refractivity (Wildman–Crippen MR) is 57.5 cm³/mol. The number of nitrogens with zero attached hydrogens (tertiary/aromatic N) is 1. The number of benzene rings is 1. The summed E-state index contributed by atoms with van der Waals surface area (Å²) in [6.45, 7) is -0.127. The van der Waals surface area contributed by atoms with E-state index in [9.17, 15) is 0 Å². The summed E-state index contributed by atoms with van der Waals surface area (Å²) in [7, 11) is 0. The Morgan fingerprint density at radius 1 is 1.50 bits per heavy atom. The Morgan fingerprint density at radius 3 is 2.93 bits per heavy atom. The average molecular weight is 224 g/mol. The first kappa shape index (κ1) is 9.47. The van der Waals surface area contributed by atoms with Crippen LogP contribution in [-0.4, -0.2) is 5.11 Å². The van der Waals surface area contributed by atoms with Gasteiger partial charge in [-0.3, -0.25) is 0 Å². The molecule has 2 aromatic rings. The van der Waals surface area contributed by atoms with Gasteiger partial charge in [0.2, 0.25) is 0 Å². The number of thiophene rings is 1. The number of nitriles is 1. The molecule has 0 aliphatic carbocycles. The monoisotopic (exact) mass is 223 g/mol. The molecule has 0 aliphatic rings. The number of hydrogen-bond donors (Lipinski definition) is 1. The lowest BCUT2D eigenvalue weighted by Crippen LogP contribution is -1.83. The van der Waals surface area contributed by atoms with Crippen LogP contribution in [0.5, 0.6) is 0 Å². The smallest absolute Gasteiger partial charge is 0.0998 e. The third-order valence-electron chi connectivity index (χ3n) is 2.04. The molecule has 0 saturated heterocycles. The largest absolute Gasteiger partial charge is 0.392 e. The standard InChI is InChI=1S/C10H6ClNOS/c11-10-7(5-13)9-6(4-12)2-1-3-8(9)14-10/h1-3,13H,5H2. The summed E-state index contributed by atoms with van der Waals surface area (Å²) in [6.07, 6.45) is 0. The van der Waals surface area contributed by atoms with E-state index in [1.807, 2.05) is 12.1 Å². The van der Waals surface area contributed by atoms with Gasteiger partial charge in [-0.2, -0.15) is 5.26 Å². The molecule has 1 N–H and O–H groups in total. The van der Waals surface area contributed by atoms with E-state index in [0.717, 1.165) is 10.1 Å². The van der Waals surface area contributed by atoms with Gasteiger partial charge in [-0.15, -0.1) is 11.3 Å². The van der Waals surface area contributed by atoms with Gasteiger partial charge in [0.05, 0.1) is 22.6 Å². The molecule has 0 radical (unpaired) electrons.